The van der Waals surface area contributed by atoms with Crippen molar-refractivity contribution in [3.8, 4) is 0 Å². The Kier molecular flexibility index (Phi) is 5.87. The van der Waals surface area contributed by atoms with Gasteiger partial charge in [-0.15, -0.1) is 0 Å². The second-order valence-corrected chi connectivity index (χ2v) is 8.61. The topological polar surface area (TPSA) is 47.3 Å². The molecule has 1 atom stereocenters. The number of aliphatic hydroxyl groups is 1. The van der Waals surface area contributed by atoms with E-state index in [4.69, 9.17) is 4.74 Å². The van der Waals surface area contributed by atoms with Crippen molar-refractivity contribution in [2.45, 2.75) is 69.2 Å². The highest BCUT2D eigenvalue weighted by molar-refractivity contribution is 7.98. The summed E-state index contributed by atoms with van der Waals surface area (Å²) in [5, 5.41) is 10.5. The summed E-state index contributed by atoms with van der Waals surface area (Å²) >= 11 is 1.72. The van der Waals surface area contributed by atoms with E-state index in [1.165, 1.54) is 11.1 Å². The Hall–Kier alpha value is -1.30. The van der Waals surface area contributed by atoms with E-state index in [1.807, 2.05) is 0 Å². The Morgan fingerprint density at radius 1 is 1.28 bits per heavy atom. The molecule has 1 fully saturated rings. The number of hydrogen-bond acceptors (Lipinski definition) is 4. The highest BCUT2D eigenvalue weighted by atomic mass is 32.2. The van der Waals surface area contributed by atoms with Gasteiger partial charge < -0.3 is 14.4 Å². The van der Waals surface area contributed by atoms with Crippen LogP contribution < -0.4 is 0 Å². The van der Waals surface area contributed by atoms with Crippen molar-refractivity contribution in [1.29, 1.82) is 0 Å². The number of thioether (sulfide) groups is 1. The Morgan fingerprint density at radius 3 is 2.64 bits per heavy atom. The third-order valence-electron chi connectivity index (χ3n) is 4.66. The molecule has 2 heterocycles. The first kappa shape index (κ1) is 18.5. The van der Waals surface area contributed by atoms with Gasteiger partial charge in [0, 0.05) is 12.4 Å². The minimum absolute atomic E-state index is 0.0144. The summed E-state index contributed by atoms with van der Waals surface area (Å²) in [7, 11) is 0. The lowest BCUT2D eigenvalue weighted by atomic mass is 9.87. The molecule has 5 heteroatoms. The number of hydrogen-bond donors (Lipinski definition) is 1. The largest absolute Gasteiger partial charge is 0.390 e. The lowest BCUT2D eigenvalue weighted by Crippen LogP contribution is -2.17. The summed E-state index contributed by atoms with van der Waals surface area (Å²) in [5.74, 6) is 0.873. The molecule has 1 aromatic carbocycles. The fourth-order valence-electron chi connectivity index (χ4n) is 3.07. The van der Waals surface area contributed by atoms with E-state index in [-0.39, 0.29) is 18.1 Å². The van der Waals surface area contributed by atoms with E-state index in [9.17, 15) is 5.11 Å². The number of aromatic nitrogens is 2. The molecule has 1 unspecified atom stereocenters. The predicted molar refractivity (Wildman–Crippen MR) is 102 cm³/mol. The molecule has 1 aliphatic heterocycles. The van der Waals surface area contributed by atoms with Gasteiger partial charge in [0.05, 0.1) is 31.1 Å². The van der Waals surface area contributed by atoms with Gasteiger partial charge in [-0.05, 0) is 29.4 Å². The molecule has 136 valence electrons. The lowest BCUT2D eigenvalue weighted by Gasteiger charge is -2.19. The van der Waals surface area contributed by atoms with E-state index in [2.05, 4.69) is 54.6 Å². The number of rotatable bonds is 6. The first-order valence-electron chi connectivity index (χ1n) is 8.96. The Bertz CT molecular complexity index is 683. The zero-order valence-corrected chi connectivity index (χ0v) is 16.2. The van der Waals surface area contributed by atoms with Gasteiger partial charge in [-0.25, -0.2) is 4.98 Å². The zero-order chi connectivity index (χ0) is 17.9. The molecule has 3 rings (SSSR count). The standard InChI is InChI=1S/C20H28N2O2S/c1-20(2,3)16-8-6-15(7-9-16)14-25-19-21-11-17(13-23)22(19)12-18-5-4-10-24-18/h6-9,11,18,23H,4-5,10,12-14H2,1-3H3. The molecule has 0 bridgehead atoms. The Morgan fingerprint density at radius 2 is 2.04 bits per heavy atom. The smallest absolute Gasteiger partial charge is 0.168 e. The number of aliphatic hydroxyl groups excluding tert-OH is 1. The van der Waals surface area contributed by atoms with Crippen molar-refractivity contribution in [3.05, 3.63) is 47.3 Å². The van der Waals surface area contributed by atoms with E-state index in [0.29, 0.717) is 0 Å². The second kappa shape index (κ2) is 7.94. The molecule has 0 saturated carbocycles. The molecule has 25 heavy (non-hydrogen) atoms. The molecule has 0 spiro atoms. The van der Waals surface area contributed by atoms with Crippen LogP contribution >= 0.6 is 11.8 Å². The molecule has 1 aliphatic rings. The SMILES string of the molecule is CC(C)(C)c1ccc(CSc2ncc(CO)n2CC2CCCO2)cc1. The van der Waals surface area contributed by atoms with Crippen molar-refractivity contribution >= 4 is 11.8 Å². The summed E-state index contributed by atoms with van der Waals surface area (Å²) in [5.41, 5.74) is 3.68. The van der Waals surface area contributed by atoms with Crippen LogP contribution in [0.2, 0.25) is 0 Å². The van der Waals surface area contributed by atoms with Gasteiger partial charge in [-0.1, -0.05) is 56.8 Å². The number of benzene rings is 1. The van der Waals surface area contributed by atoms with E-state index < -0.39 is 0 Å². The van der Waals surface area contributed by atoms with E-state index in [1.54, 1.807) is 18.0 Å². The summed E-state index contributed by atoms with van der Waals surface area (Å²) in [4.78, 5) is 4.51. The quantitative estimate of drug-likeness (QED) is 0.787. The van der Waals surface area contributed by atoms with Crippen LogP contribution in [0.3, 0.4) is 0 Å². The zero-order valence-electron chi connectivity index (χ0n) is 15.4. The van der Waals surface area contributed by atoms with Crippen LogP contribution in [0.1, 0.15) is 50.4 Å². The van der Waals surface area contributed by atoms with Gasteiger partial charge >= 0.3 is 0 Å². The highest BCUT2D eigenvalue weighted by Gasteiger charge is 2.20. The molecule has 0 radical (unpaired) electrons. The number of imidazole rings is 1. The molecule has 2 aromatic rings. The summed E-state index contributed by atoms with van der Waals surface area (Å²) in [6, 6.07) is 8.84. The van der Waals surface area contributed by atoms with Crippen LogP contribution in [-0.4, -0.2) is 27.4 Å². The molecule has 0 amide bonds. The van der Waals surface area contributed by atoms with Gasteiger partial charge in [0.25, 0.3) is 0 Å². The van der Waals surface area contributed by atoms with Crippen LogP contribution in [0.5, 0.6) is 0 Å². The summed E-state index contributed by atoms with van der Waals surface area (Å²) in [6.07, 6.45) is 4.22. The molecular formula is C20H28N2O2S. The molecule has 1 saturated heterocycles. The van der Waals surface area contributed by atoms with Crippen LogP contribution in [-0.2, 0) is 29.1 Å². The third-order valence-corrected chi connectivity index (χ3v) is 5.72. The molecule has 1 N–H and O–H groups in total. The molecule has 1 aromatic heterocycles. The van der Waals surface area contributed by atoms with Gasteiger partial charge in [0.1, 0.15) is 0 Å². The van der Waals surface area contributed by atoms with Crippen LogP contribution in [0, 0.1) is 0 Å². The molecule has 4 nitrogen and oxygen atoms in total. The molecular weight excluding hydrogens is 332 g/mol. The van der Waals surface area contributed by atoms with E-state index in [0.717, 1.165) is 42.6 Å². The minimum atomic E-state index is 0.0144. The fraction of sp³-hybridized carbons (Fsp3) is 0.550. The highest BCUT2D eigenvalue weighted by Crippen LogP contribution is 2.27. The number of nitrogens with zero attached hydrogens (tertiary/aromatic N) is 2. The minimum Gasteiger partial charge on any atom is -0.390 e. The van der Waals surface area contributed by atoms with Crippen molar-refractivity contribution in [2.24, 2.45) is 0 Å². The van der Waals surface area contributed by atoms with Crippen LogP contribution in [0.15, 0.2) is 35.6 Å². The third kappa shape index (κ3) is 4.66. The van der Waals surface area contributed by atoms with Crippen molar-refractivity contribution in [3.63, 3.8) is 0 Å². The predicted octanol–water partition coefficient (Wildman–Crippen LogP) is 4.14. The molecule has 0 aliphatic carbocycles. The first-order valence-corrected chi connectivity index (χ1v) is 9.95. The van der Waals surface area contributed by atoms with Gasteiger partial charge in [-0.2, -0.15) is 0 Å². The van der Waals surface area contributed by atoms with Crippen molar-refractivity contribution < 1.29 is 9.84 Å². The van der Waals surface area contributed by atoms with Crippen molar-refractivity contribution in [2.75, 3.05) is 6.61 Å². The first-order chi connectivity index (χ1) is 12.0. The number of ether oxygens (including phenoxy) is 1. The Balaban J connectivity index is 1.67. The van der Waals surface area contributed by atoms with Crippen molar-refractivity contribution in [1.82, 2.24) is 9.55 Å². The summed E-state index contributed by atoms with van der Waals surface area (Å²) < 4.78 is 7.86. The van der Waals surface area contributed by atoms with Crippen LogP contribution in [0.4, 0.5) is 0 Å². The maximum absolute atomic E-state index is 9.59. The summed E-state index contributed by atoms with van der Waals surface area (Å²) in [6.45, 7) is 8.33. The maximum atomic E-state index is 9.59. The Labute approximate surface area is 154 Å². The van der Waals surface area contributed by atoms with E-state index >= 15 is 0 Å². The van der Waals surface area contributed by atoms with Gasteiger partial charge in [-0.3, -0.25) is 0 Å². The maximum Gasteiger partial charge on any atom is 0.168 e. The average Bonchev–Trinajstić information content (AvgIpc) is 3.23. The monoisotopic (exact) mass is 360 g/mol. The van der Waals surface area contributed by atoms with Gasteiger partial charge in [0.15, 0.2) is 5.16 Å². The fourth-order valence-corrected chi connectivity index (χ4v) is 4.03. The second-order valence-electron chi connectivity index (χ2n) is 7.67. The lowest BCUT2D eigenvalue weighted by molar-refractivity contribution is 0.0930. The normalized spacial score (nSPS) is 18.0. The van der Waals surface area contributed by atoms with Crippen LogP contribution in [0.25, 0.3) is 0 Å². The average molecular weight is 361 g/mol. The van der Waals surface area contributed by atoms with Gasteiger partial charge in [0.2, 0.25) is 0 Å².